The van der Waals surface area contributed by atoms with Crippen molar-refractivity contribution in [2.24, 2.45) is 0 Å². The highest BCUT2D eigenvalue weighted by molar-refractivity contribution is 6.30. The van der Waals surface area contributed by atoms with Crippen molar-refractivity contribution in [3.8, 4) is 11.1 Å². The first kappa shape index (κ1) is 22.4. The zero-order chi connectivity index (χ0) is 24.0. The van der Waals surface area contributed by atoms with Crippen LogP contribution in [0.3, 0.4) is 0 Å². The van der Waals surface area contributed by atoms with Gasteiger partial charge in [0.25, 0.3) is 0 Å². The third kappa shape index (κ3) is 4.14. The third-order valence-corrected chi connectivity index (χ3v) is 6.09. The predicted molar refractivity (Wildman–Crippen MR) is 121 cm³/mol. The number of aliphatic hydroxyl groups is 1. The van der Waals surface area contributed by atoms with Crippen LogP contribution < -0.4 is 10.6 Å². The molecule has 2 aromatic carbocycles. The summed E-state index contributed by atoms with van der Waals surface area (Å²) in [5, 5.41) is 19.5. The van der Waals surface area contributed by atoms with E-state index in [-0.39, 0.29) is 6.54 Å². The Labute approximate surface area is 196 Å². The van der Waals surface area contributed by atoms with Crippen LogP contribution in [0.4, 0.5) is 18.9 Å². The van der Waals surface area contributed by atoms with E-state index in [0.29, 0.717) is 41.4 Å². The topological polar surface area (TPSA) is 75.7 Å². The molecule has 1 fully saturated rings. The van der Waals surface area contributed by atoms with E-state index < -0.39 is 23.5 Å². The first-order valence-electron chi connectivity index (χ1n) is 10.5. The van der Waals surface area contributed by atoms with Gasteiger partial charge in [0.2, 0.25) is 5.65 Å². The van der Waals surface area contributed by atoms with E-state index >= 15 is 0 Å². The zero-order valence-corrected chi connectivity index (χ0v) is 18.5. The fourth-order valence-corrected chi connectivity index (χ4v) is 4.25. The second kappa shape index (κ2) is 8.44. The van der Waals surface area contributed by atoms with Gasteiger partial charge < -0.3 is 10.0 Å². The second-order valence-corrected chi connectivity index (χ2v) is 8.61. The SMILES string of the molecule is O=c1n(Cc2ccc(C(F)(F)F)cc2)nc2c(N3CCC(O)C3)c(-c3ccc(Cl)cc3)cnn12. The summed E-state index contributed by atoms with van der Waals surface area (Å²) in [7, 11) is 0. The Hall–Kier alpha value is -3.37. The number of aromatic nitrogens is 4. The van der Waals surface area contributed by atoms with Crippen LogP contribution in [0.5, 0.6) is 0 Å². The van der Waals surface area contributed by atoms with E-state index in [1.165, 1.54) is 21.3 Å². The maximum absolute atomic E-state index is 13.0. The number of aliphatic hydroxyl groups excluding tert-OH is 1. The monoisotopic (exact) mass is 489 g/mol. The van der Waals surface area contributed by atoms with Gasteiger partial charge in [0.1, 0.15) is 0 Å². The smallest absolute Gasteiger partial charge is 0.391 e. The predicted octanol–water partition coefficient (Wildman–Crippen LogP) is 3.85. The highest BCUT2D eigenvalue weighted by Gasteiger charge is 2.30. The minimum absolute atomic E-state index is 0.0152. The fourth-order valence-electron chi connectivity index (χ4n) is 4.12. The molecule has 1 unspecified atom stereocenters. The number of rotatable bonds is 4. The van der Waals surface area contributed by atoms with Crippen molar-refractivity contribution in [1.82, 2.24) is 19.4 Å². The van der Waals surface area contributed by atoms with Crippen molar-refractivity contribution >= 4 is 22.9 Å². The molecule has 0 aliphatic carbocycles. The maximum Gasteiger partial charge on any atom is 0.416 e. The lowest BCUT2D eigenvalue weighted by molar-refractivity contribution is -0.137. The molecule has 176 valence electrons. The van der Waals surface area contributed by atoms with E-state index in [2.05, 4.69) is 10.2 Å². The normalized spacial score (nSPS) is 16.5. The first-order chi connectivity index (χ1) is 16.2. The Kier molecular flexibility index (Phi) is 5.57. The van der Waals surface area contributed by atoms with E-state index in [1.807, 2.05) is 17.0 Å². The lowest BCUT2D eigenvalue weighted by atomic mass is 10.1. The molecule has 1 aliphatic rings. The van der Waals surface area contributed by atoms with Crippen LogP contribution in [0.15, 0.2) is 59.5 Å². The summed E-state index contributed by atoms with van der Waals surface area (Å²) < 4.78 is 40.9. The first-order valence-corrected chi connectivity index (χ1v) is 10.9. The molecule has 2 aromatic heterocycles. The molecule has 1 saturated heterocycles. The average Bonchev–Trinajstić information content (AvgIpc) is 3.37. The summed E-state index contributed by atoms with van der Waals surface area (Å²) in [6, 6.07) is 11.8. The number of hydrogen-bond donors (Lipinski definition) is 1. The minimum Gasteiger partial charge on any atom is -0.391 e. The van der Waals surface area contributed by atoms with Crippen molar-refractivity contribution in [3.63, 3.8) is 0 Å². The summed E-state index contributed by atoms with van der Waals surface area (Å²) in [5.74, 6) is 0. The van der Waals surface area contributed by atoms with Gasteiger partial charge in [-0.05, 0) is 41.8 Å². The van der Waals surface area contributed by atoms with Crippen LogP contribution in [-0.2, 0) is 12.7 Å². The molecule has 0 bridgehead atoms. The number of benzene rings is 2. The summed E-state index contributed by atoms with van der Waals surface area (Å²) in [4.78, 5) is 15.0. The van der Waals surface area contributed by atoms with E-state index in [1.54, 1.807) is 18.3 Å². The molecule has 4 aromatic rings. The van der Waals surface area contributed by atoms with Crippen LogP contribution >= 0.6 is 11.6 Å². The van der Waals surface area contributed by atoms with Gasteiger partial charge in [-0.2, -0.15) is 22.8 Å². The molecule has 0 amide bonds. The van der Waals surface area contributed by atoms with Gasteiger partial charge in [-0.15, -0.1) is 5.10 Å². The van der Waals surface area contributed by atoms with E-state index in [9.17, 15) is 23.1 Å². The Balaban J connectivity index is 1.60. The highest BCUT2D eigenvalue weighted by atomic mass is 35.5. The summed E-state index contributed by atoms with van der Waals surface area (Å²) in [6.07, 6.45) is -2.80. The number of fused-ring (bicyclic) bond motifs is 1. The molecule has 34 heavy (non-hydrogen) atoms. The van der Waals surface area contributed by atoms with Crippen LogP contribution in [0, 0.1) is 0 Å². The van der Waals surface area contributed by atoms with E-state index in [4.69, 9.17) is 11.6 Å². The zero-order valence-electron chi connectivity index (χ0n) is 17.7. The highest BCUT2D eigenvalue weighted by Crippen LogP contribution is 2.35. The number of hydrogen-bond acceptors (Lipinski definition) is 5. The van der Waals surface area contributed by atoms with Crippen molar-refractivity contribution < 1.29 is 18.3 Å². The van der Waals surface area contributed by atoms with Crippen LogP contribution in [0.1, 0.15) is 17.5 Å². The third-order valence-electron chi connectivity index (χ3n) is 5.84. The molecule has 1 atom stereocenters. The lowest BCUT2D eigenvalue weighted by Crippen LogP contribution is -2.25. The molecule has 3 heterocycles. The number of nitrogens with zero attached hydrogens (tertiary/aromatic N) is 5. The number of alkyl halides is 3. The van der Waals surface area contributed by atoms with Crippen molar-refractivity contribution in [2.75, 3.05) is 18.0 Å². The Morgan fingerprint density at radius 3 is 2.41 bits per heavy atom. The summed E-state index contributed by atoms with van der Waals surface area (Å²) >= 11 is 6.03. The molecular weight excluding hydrogens is 471 g/mol. The molecule has 1 N–H and O–H groups in total. The molecule has 0 radical (unpaired) electrons. The fraction of sp³-hybridized carbons (Fsp3) is 0.261. The minimum atomic E-state index is -4.43. The molecule has 7 nitrogen and oxygen atoms in total. The van der Waals surface area contributed by atoms with Crippen LogP contribution in [-0.4, -0.2) is 43.7 Å². The molecule has 1 aliphatic heterocycles. The summed E-state index contributed by atoms with van der Waals surface area (Å²) in [5.41, 5.74) is 1.72. The Morgan fingerprint density at radius 2 is 1.79 bits per heavy atom. The lowest BCUT2D eigenvalue weighted by Gasteiger charge is -2.21. The van der Waals surface area contributed by atoms with Gasteiger partial charge in [0.15, 0.2) is 0 Å². The average molecular weight is 490 g/mol. The van der Waals surface area contributed by atoms with E-state index in [0.717, 1.165) is 23.3 Å². The summed E-state index contributed by atoms with van der Waals surface area (Å²) in [6.45, 7) is 0.931. The largest absolute Gasteiger partial charge is 0.416 e. The van der Waals surface area contributed by atoms with Crippen molar-refractivity contribution in [1.29, 1.82) is 0 Å². The van der Waals surface area contributed by atoms with Gasteiger partial charge in [-0.25, -0.2) is 9.48 Å². The second-order valence-electron chi connectivity index (χ2n) is 8.17. The van der Waals surface area contributed by atoms with Gasteiger partial charge in [-0.3, -0.25) is 0 Å². The standard InChI is InChI=1S/C23H19ClF3N5O2/c24-17-7-3-15(4-8-17)19-11-28-32-21(20(19)30-10-9-18(33)13-30)29-31(22(32)34)12-14-1-5-16(6-2-14)23(25,26)27/h1-8,11,18,33H,9-10,12-13H2. The molecular formula is C23H19ClF3N5O2. The van der Waals surface area contributed by atoms with Crippen molar-refractivity contribution in [3.05, 3.63) is 81.4 Å². The quantitative estimate of drug-likeness (QED) is 0.471. The van der Waals surface area contributed by atoms with Crippen LogP contribution in [0.25, 0.3) is 16.8 Å². The number of halogens is 4. The Bertz CT molecular complexity index is 1400. The molecule has 0 saturated carbocycles. The maximum atomic E-state index is 13.0. The molecule has 11 heteroatoms. The Morgan fingerprint density at radius 1 is 1.09 bits per heavy atom. The van der Waals surface area contributed by atoms with Crippen LogP contribution in [0.2, 0.25) is 5.02 Å². The molecule has 0 spiro atoms. The van der Waals surface area contributed by atoms with Gasteiger partial charge in [-0.1, -0.05) is 35.9 Å². The number of β-amino-alcohol motifs (C(OH)–C–C–N with tert-alkyl or cyclic N) is 1. The van der Waals surface area contributed by atoms with Gasteiger partial charge in [0.05, 0.1) is 30.1 Å². The van der Waals surface area contributed by atoms with Gasteiger partial charge in [0, 0.05) is 23.7 Å². The molecule has 5 rings (SSSR count). The number of anilines is 1. The van der Waals surface area contributed by atoms with Gasteiger partial charge >= 0.3 is 11.9 Å². The van der Waals surface area contributed by atoms with Crippen molar-refractivity contribution in [2.45, 2.75) is 25.2 Å².